The van der Waals surface area contributed by atoms with Gasteiger partial charge in [-0.25, -0.2) is 9.10 Å². The van der Waals surface area contributed by atoms with Gasteiger partial charge in [-0.05, 0) is 58.0 Å². The third-order valence-corrected chi connectivity index (χ3v) is 4.75. The predicted molar refractivity (Wildman–Crippen MR) is 131 cm³/mol. The Morgan fingerprint density at radius 1 is 1.23 bits per heavy atom. The zero-order chi connectivity index (χ0) is 23.3. The van der Waals surface area contributed by atoms with Crippen molar-refractivity contribution in [2.24, 2.45) is 5.92 Å². The molecule has 1 heterocycles. The fraction of sp³-hybridized carbons (Fsp3) is 0.500. The van der Waals surface area contributed by atoms with Crippen LogP contribution in [0.25, 0.3) is 0 Å². The first kappa shape index (κ1) is 26.8. The molecule has 6 nitrogen and oxygen atoms in total. The number of aryl methyl sites for hydroxylation is 1. The Bertz CT molecular complexity index is 764. The van der Waals surface area contributed by atoms with E-state index in [1.54, 1.807) is 18.1 Å². The van der Waals surface area contributed by atoms with Crippen molar-refractivity contribution >= 4 is 23.7 Å². The van der Waals surface area contributed by atoms with Crippen LogP contribution in [0.5, 0.6) is 0 Å². The van der Waals surface area contributed by atoms with Gasteiger partial charge in [0.15, 0.2) is 0 Å². The molecule has 172 valence electrons. The largest absolute Gasteiger partial charge is 0.444 e. The maximum absolute atomic E-state index is 11.6. The van der Waals surface area contributed by atoms with Crippen molar-refractivity contribution in [3.8, 4) is 0 Å². The first-order valence-corrected chi connectivity index (χ1v) is 11.4. The van der Waals surface area contributed by atoms with Crippen LogP contribution in [0.2, 0.25) is 0 Å². The molecule has 1 amide bonds. The summed E-state index contributed by atoms with van der Waals surface area (Å²) in [7, 11) is 0. The molecule has 0 saturated carbocycles. The lowest BCUT2D eigenvalue weighted by molar-refractivity contribution is 0.0526. The van der Waals surface area contributed by atoms with Gasteiger partial charge in [-0.15, -0.1) is 0 Å². The summed E-state index contributed by atoms with van der Waals surface area (Å²) in [4.78, 5) is 16.8. The highest BCUT2D eigenvalue weighted by atomic mass is 32.2. The van der Waals surface area contributed by atoms with Gasteiger partial charge in [0, 0.05) is 36.9 Å². The minimum atomic E-state index is -0.468. The second kappa shape index (κ2) is 13.9. The number of nitrogens with zero attached hydrogens (tertiary/aromatic N) is 2. The Morgan fingerprint density at radius 3 is 2.42 bits per heavy atom. The Hall–Kier alpha value is -2.25. The molecule has 0 unspecified atom stereocenters. The minimum Gasteiger partial charge on any atom is -0.444 e. The van der Waals surface area contributed by atoms with Crippen molar-refractivity contribution in [1.82, 2.24) is 14.6 Å². The maximum Gasteiger partial charge on any atom is 0.407 e. The van der Waals surface area contributed by atoms with E-state index in [1.807, 2.05) is 51.2 Å². The van der Waals surface area contributed by atoms with E-state index in [0.717, 1.165) is 24.4 Å². The van der Waals surface area contributed by atoms with Crippen LogP contribution in [0.1, 0.15) is 46.6 Å². The summed E-state index contributed by atoms with van der Waals surface area (Å²) in [5.41, 5.74) is 7.30. The molecule has 0 aliphatic rings. The van der Waals surface area contributed by atoms with Crippen molar-refractivity contribution in [3.05, 3.63) is 54.4 Å². The number of carbonyl (C=O) groups is 1. The monoisotopic (exact) mass is 446 g/mol. The van der Waals surface area contributed by atoms with Crippen LogP contribution in [0.3, 0.4) is 0 Å². The molecule has 0 bridgehead atoms. The number of hydrogen-bond acceptors (Lipinski definition) is 6. The van der Waals surface area contributed by atoms with Crippen molar-refractivity contribution < 1.29 is 9.53 Å². The first-order chi connectivity index (χ1) is 14.5. The summed E-state index contributed by atoms with van der Waals surface area (Å²) >= 11 is 1.65. The van der Waals surface area contributed by atoms with E-state index in [1.165, 1.54) is 5.56 Å². The Labute approximate surface area is 192 Å². The SMILES string of the molecule is CC(C)CN(CCCNC(=O)OC(C)(C)C)Sc1cncc(N)c1.Cc1ccccc1. The second-order valence-electron chi connectivity index (χ2n) is 8.76. The number of alkyl carbamates (subject to hydrolysis) is 1. The van der Waals surface area contributed by atoms with E-state index in [4.69, 9.17) is 10.5 Å². The molecule has 0 aliphatic heterocycles. The summed E-state index contributed by atoms with van der Waals surface area (Å²) in [6, 6.07) is 12.2. The molecule has 1 aromatic heterocycles. The van der Waals surface area contributed by atoms with Gasteiger partial charge in [0.25, 0.3) is 0 Å². The fourth-order valence-corrected chi connectivity index (χ4v) is 3.70. The summed E-state index contributed by atoms with van der Waals surface area (Å²) in [6.45, 7) is 14.4. The van der Waals surface area contributed by atoms with Crippen LogP contribution >= 0.6 is 11.9 Å². The number of nitrogens with one attached hydrogen (secondary N) is 1. The normalized spacial score (nSPS) is 11.1. The molecule has 2 rings (SSSR count). The van der Waals surface area contributed by atoms with Gasteiger partial charge in [-0.3, -0.25) is 4.98 Å². The van der Waals surface area contributed by atoms with Crippen LogP contribution in [0, 0.1) is 12.8 Å². The number of carbonyl (C=O) groups excluding carboxylic acids is 1. The molecule has 3 N–H and O–H groups in total. The molecule has 2 aromatic rings. The molecule has 0 fully saturated rings. The van der Waals surface area contributed by atoms with Crippen LogP contribution in [-0.4, -0.2) is 40.6 Å². The molecular formula is C24H38N4O2S. The van der Waals surface area contributed by atoms with Crippen molar-refractivity contribution in [1.29, 1.82) is 0 Å². The van der Waals surface area contributed by atoms with Crippen LogP contribution in [-0.2, 0) is 4.74 Å². The molecule has 7 heteroatoms. The highest BCUT2D eigenvalue weighted by Gasteiger charge is 2.16. The number of aromatic nitrogens is 1. The zero-order valence-electron chi connectivity index (χ0n) is 19.7. The lowest BCUT2D eigenvalue weighted by Gasteiger charge is -2.23. The highest BCUT2D eigenvalue weighted by Crippen LogP contribution is 2.24. The lowest BCUT2D eigenvalue weighted by atomic mass is 10.2. The number of hydrogen-bond donors (Lipinski definition) is 2. The number of nitrogen functional groups attached to an aromatic ring is 1. The summed E-state index contributed by atoms with van der Waals surface area (Å²) in [5, 5.41) is 2.79. The zero-order valence-corrected chi connectivity index (χ0v) is 20.5. The predicted octanol–water partition coefficient (Wildman–Crippen LogP) is 5.54. The Balaban J connectivity index is 0.000000577. The van der Waals surface area contributed by atoms with Crippen molar-refractivity contribution in [3.63, 3.8) is 0 Å². The van der Waals surface area contributed by atoms with Gasteiger partial charge in [-0.1, -0.05) is 49.7 Å². The summed E-state index contributed by atoms with van der Waals surface area (Å²) < 4.78 is 7.50. The third kappa shape index (κ3) is 14.4. The average Bonchev–Trinajstić information content (AvgIpc) is 2.64. The van der Waals surface area contributed by atoms with Crippen LogP contribution in [0.4, 0.5) is 10.5 Å². The van der Waals surface area contributed by atoms with Gasteiger partial charge in [0.05, 0.1) is 5.69 Å². The molecule has 0 aliphatic carbocycles. The van der Waals surface area contributed by atoms with Crippen LogP contribution < -0.4 is 11.1 Å². The van der Waals surface area contributed by atoms with Gasteiger partial charge >= 0.3 is 6.09 Å². The average molecular weight is 447 g/mol. The van der Waals surface area contributed by atoms with Gasteiger partial charge in [0.2, 0.25) is 0 Å². The molecule has 0 radical (unpaired) electrons. The van der Waals surface area contributed by atoms with E-state index >= 15 is 0 Å². The third-order valence-electron chi connectivity index (χ3n) is 3.73. The number of benzene rings is 1. The number of rotatable bonds is 8. The Kier molecular flexibility index (Phi) is 12.0. The standard InChI is InChI=1S/C17H30N4O2S.C7H8/c1-13(2)12-21(24-15-9-14(18)10-19-11-15)8-6-7-20-16(22)23-17(3,4)5;1-7-5-3-2-4-6-7/h9-11,13H,6-8,12,18H2,1-5H3,(H,20,22);2-6H,1H3. The minimum absolute atomic E-state index is 0.370. The first-order valence-electron chi connectivity index (χ1n) is 10.7. The highest BCUT2D eigenvalue weighted by molar-refractivity contribution is 7.97. The topological polar surface area (TPSA) is 80.5 Å². The van der Waals surface area contributed by atoms with E-state index in [0.29, 0.717) is 18.2 Å². The van der Waals surface area contributed by atoms with E-state index in [2.05, 4.69) is 47.5 Å². The number of nitrogens with two attached hydrogens (primary N) is 1. The molecule has 31 heavy (non-hydrogen) atoms. The fourth-order valence-electron chi connectivity index (χ4n) is 2.51. The number of anilines is 1. The molecule has 0 saturated heterocycles. The summed E-state index contributed by atoms with van der Waals surface area (Å²) in [6.07, 6.45) is 3.93. The lowest BCUT2D eigenvalue weighted by Crippen LogP contribution is -2.34. The molecule has 0 spiro atoms. The quantitative estimate of drug-likeness (QED) is 0.409. The van der Waals surface area contributed by atoms with Gasteiger partial charge < -0.3 is 15.8 Å². The van der Waals surface area contributed by atoms with Gasteiger partial charge in [-0.2, -0.15) is 0 Å². The number of amides is 1. The van der Waals surface area contributed by atoms with Crippen molar-refractivity contribution in [2.75, 3.05) is 25.4 Å². The maximum atomic E-state index is 11.6. The van der Waals surface area contributed by atoms with E-state index in [9.17, 15) is 4.79 Å². The Morgan fingerprint density at radius 2 is 1.90 bits per heavy atom. The summed E-state index contributed by atoms with van der Waals surface area (Å²) in [5.74, 6) is 0.547. The number of pyridine rings is 1. The second-order valence-corrected chi connectivity index (χ2v) is 9.93. The molecule has 1 aromatic carbocycles. The number of ether oxygens (including phenoxy) is 1. The van der Waals surface area contributed by atoms with Crippen LogP contribution in [0.15, 0.2) is 53.7 Å². The molecule has 0 atom stereocenters. The van der Waals surface area contributed by atoms with Crippen molar-refractivity contribution in [2.45, 2.75) is 58.5 Å². The smallest absolute Gasteiger partial charge is 0.407 e. The van der Waals surface area contributed by atoms with E-state index in [-0.39, 0.29) is 6.09 Å². The molecular weight excluding hydrogens is 408 g/mol. The van der Waals surface area contributed by atoms with E-state index < -0.39 is 5.60 Å². The van der Waals surface area contributed by atoms with Gasteiger partial charge in [0.1, 0.15) is 5.60 Å².